The Bertz CT molecular complexity index is 1410. The van der Waals surface area contributed by atoms with Crippen molar-refractivity contribution in [3.8, 4) is 11.1 Å². The Hall–Kier alpha value is -2.95. The van der Waals surface area contributed by atoms with Crippen molar-refractivity contribution >= 4 is 30.5 Å². The van der Waals surface area contributed by atoms with Crippen LogP contribution in [0, 0.1) is 11.6 Å². The van der Waals surface area contributed by atoms with Crippen molar-refractivity contribution in [3.05, 3.63) is 83.2 Å². The summed E-state index contributed by atoms with van der Waals surface area (Å²) in [5.74, 6) is 0.248. The van der Waals surface area contributed by atoms with Crippen LogP contribution in [0.4, 0.5) is 8.78 Å². The first-order valence-electron chi connectivity index (χ1n) is 11.2. The molecule has 1 unspecified atom stereocenters. The lowest BCUT2D eigenvalue weighted by Gasteiger charge is -2.20. The third kappa shape index (κ3) is 3.66. The molecule has 2 heterocycles. The van der Waals surface area contributed by atoms with Gasteiger partial charge in [0.15, 0.2) is 6.29 Å². The van der Waals surface area contributed by atoms with Crippen molar-refractivity contribution in [2.24, 2.45) is 0 Å². The van der Waals surface area contributed by atoms with Crippen molar-refractivity contribution in [1.82, 2.24) is 14.5 Å². The summed E-state index contributed by atoms with van der Waals surface area (Å²) in [7, 11) is 3.42. The molecule has 2 atom stereocenters. The molecule has 34 heavy (non-hydrogen) atoms. The monoisotopic (exact) mass is 477 g/mol. The van der Waals surface area contributed by atoms with E-state index in [-0.39, 0.29) is 17.9 Å². The number of rotatable bonds is 5. The Morgan fingerprint density at radius 2 is 1.76 bits per heavy atom. The number of aromatic nitrogens is 2. The van der Waals surface area contributed by atoms with Gasteiger partial charge in [0.05, 0.1) is 23.1 Å². The maximum absolute atomic E-state index is 15.1. The molecule has 0 aliphatic carbocycles. The van der Waals surface area contributed by atoms with Gasteiger partial charge in [0.1, 0.15) is 17.5 Å². The molecule has 0 radical (unpaired) electrons. The van der Waals surface area contributed by atoms with Crippen LogP contribution in [0.2, 0.25) is 0 Å². The summed E-state index contributed by atoms with van der Waals surface area (Å²) < 4.78 is 31.8. The summed E-state index contributed by atoms with van der Waals surface area (Å²) in [4.78, 5) is 18.7. The molecule has 0 spiro atoms. The number of carbonyl (C=O) groups excluding carboxylic acids is 1. The minimum atomic E-state index is -0.531. The highest BCUT2D eigenvalue weighted by molar-refractivity contribution is 7.64. The van der Waals surface area contributed by atoms with Crippen molar-refractivity contribution < 1.29 is 13.6 Å². The molecule has 7 heteroatoms. The van der Waals surface area contributed by atoms with Gasteiger partial charge in [-0.15, -0.1) is 0 Å². The van der Waals surface area contributed by atoms with Gasteiger partial charge >= 0.3 is 0 Å². The number of imidazole rings is 1. The zero-order valence-corrected chi connectivity index (χ0v) is 20.5. The average Bonchev–Trinajstić information content (AvgIpc) is 3.35. The highest BCUT2D eigenvalue weighted by Gasteiger charge is 2.38. The van der Waals surface area contributed by atoms with Gasteiger partial charge in [-0.3, -0.25) is 9.69 Å². The molecule has 4 aromatic rings. The van der Waals surface area contributed by atoms with E-state index in [0.717, 1.165) is 33.3 Å². The van der Waals surface area contributed by atoms with Crippen molar-refractivity contribution in [1.29, 1.82) is 0 Å². The van der Waals surface area contributed by atoms with Crippen LogP contribution in [-0.4, -0.2) is 48.2 Å². The fourth-order valence-corrected chi connectivity index (χ4v) is 5.89. The second-order valence-electron chi connectivity index (χ2n) is 9.20. The predicted molar refractivity (Wildman–Crippen MR) is 135 cm³/mol. The van der Waals surface area contributed by atoms with Crippen LogP contribution in [0.1, 0.15) is 40.3 Å². The zero-order chi connectivity index (χ0) is 24.1. The van der Waals surface area contributed by atoms with Gasteiger partial charge in [-0.1, -0.05) is 38.3 Å². The third-order valence-electron chi connectivity index (χ3n) is 6.71. The van der Waals surface area contributed by atoms with E-state index >= 15 is 4.39 Å². The van der Waals surface area contributed by atoms with Crippen LogP contribution in [0.25, 0.3) is 22.2 Å². The topological polar surface area (TPSA) is 38.1 Å². The lowest BCUT2D eigenvalue weighted by Crippen LogP contribution is -2.18. The first-order chi connectivity index (χ1) is 16.3. The molecule has 0 fully saturated rings. The van der Waals surface area contributed by atoms with Crippen LogP contribution in [-0.2, 0) is 0 Å². The maximum atomic E-state index is 15.1. The zero-order valence-electron chi connectivity index (χ0n) is 19.6. The van der Waals surface area contributed by atoms with Gasteiger partial charge in [-0.2, -0.15) is 0 Å². The van der Waals surface area contributed by atoms with E-state index in [1.165, 1.54) is 6.07 Å². The van der Waals surface area contributed by atoms with Gasteiger partial charge in [-0.25, -0.2) is 13.8 Å². The molecule has 1 aromatic heterocycles. The van der Waals surface area contributed by atoms with Crippen molar-refractivity contribution in [3.63, 3.8) is 0 Å². The van der Waals surface area contributed by atoms with E-state index in [1.807, 2.05) is 57.8 Å². The van der Waals surface area contributed by atoms with Crippen LogP contribution in [0.5, 0.6) is 0 Å². The highest BCUT2D eigenvalue weighted by atomic mass is 31.1. The van der Waals surface area contributed by atoms with Crippen LogP contribution < -0.4 is 5.30 Å². The molecular weight excluding hydrogens is 451 g/mol. The first-order valence-corrected chi connectivity index (χ1v) is 13.4. The molecule has 174 valence electrons. The Balaban J connectivity index is 1.70. The van der Waals surface area contributed by atoms with Crippen molar-refractivity contribution in [2.75, 3.05) is 27.4 Å². The SMILES string of the molecule is CN(C)C1C[C@@H](c2c(F)cccc2C=O)n2c1nc1ccc(-c3ccc(P(C)C)c(F)c3)cc12. The molecular formula is C27H26F2N3OP. The molecule has 1 aliphatic rings. The lowest BCUT2D eigenvalue weighted by atomic mass is 9.96. The summed E-state index contributed by atoms with van der Waals surface area (Å²) in [6, 6.07) is 15.5. The highest BCUT2D eigenvalue weighted by Crippen LogP contribution is 2.45. The fourth-order valence-electron chi connectivity index (χ4n) is 5.02. The number of halogens is 2. The summed E-state index contributed by atoms with van der Waals surface area (Å²) in [6.45, 7) is 4.07. The van der Waals surface area contributed by atoms with Gasteiger partial charge in [0.25, 0.3) is 0 Å². The van der Waals surface area contributed by atoms with E-state index in [1.54, 1.807) is 18.2 Å². The number of benzene rings is 3. The number of fused-ring (bicyclic) bond motifs is 3. The van der Waals surface area contributed by atoms with E-state index < -0.39 is 13.7 Å². The number of hydrogen-bond acceptors (Lipinski definition) is 3. The summed E-state index contributed by atoms with van der Waals surface area (Å²) in [6.07, 6.45) is 1.32. The van der Waals surface area contributed by atoms with Gasteiger partial charge in [0.2, 0.25) is 0 Å². The second-order valence-corrected chi connectivity index (χ2v) is 11.5. The van der Waals surface area contributed by atoms with Crippen LogP contribution in [0.3, 0.4) is 0 Å². The molecule has 0 bridgehead atoms. The Kier molecular flexibility index (Phi) is 5.83. The maximum Gasteiger partial charge on any atom is 0.150 e. The average molecular weight is 477 g/mol. The molecule has 4 nitrogen and oxygen atoms in total. The Morgan fingerprint density at radius 1 is 1.03 bits per heavy atom. The van der Waals surface area contributed by atoms with E-state index in [0.29, 0.717) is 23.8 Å². The van der Waals surface area contributed by atoms with Gasteiger partial charge < -0.3 is 4.57 Å². The standard InChI is InChI=1S/C27H26F2N3OP/c1-31(2)24-14-23(26-18(15-33)6-5-7-19(26)28)32-22-13-17(8-10-21(22)30-27(24)32)16-9-11-25(34(3)4)20(29)12-16/h5-13,15,23-24H,14H2,1-4H3/t23-,24?/m0/s1. The van der Waals surface area contributed by atoms with Crippen LogP contribution in [0.15, 0.2) is 54.6 Å². The quantitative estimate of drug-likeness (QED) is 0.271. The second kappa shape index (κ2) is 8.68. The lowest BCUT2D eigenvalue weighted by molar-refractivity contribution is 0.112. The van der Waals surface area contributed by atoms with Crippen molar-refractivity contribution in [2.45, 2.75) is 18.5 Å². The van der Waals surface area contributed by atoms with E-state index in [4.69, 9.17) is 4.98 Å². The number of carbonyl (C=O) groups is 1. The normalized spacial score (nSPS) is 17.6. The summed E-state index contributed by atoms with van der Waals surface area (Å²) in [5, 5.41) is 0.750. The van der Waals surface area contributed by atoms with E-state index in [2.05, 4.69) is 9.47 Å². The minimum absolute atomic E-state index is 0.0231. The van der Waals surface area contributed by atoms with Gasteiger partial charge in [-0.05, 0) is 69.2 Å². The molecule has 0 saturated carbocycles. The van der Waals surface area contributed by atoms with Crippen LogP contribution >= 0.6 is 7.92 Å². The predicted octanol–water partition coefficient (Wildman–Crippen LogP) is 5.76. The minimum Gasteiger partial charge on any atom is -0.319 e. The Labute approximate surface area is 199 Å². The largest absolute Gasteiger partial charge is 0.319 e. The Morgan fingerprint density at radius 3 is 2.44 bits per heavy atom. The molecule has 0 N–H and O–H groups in total. The smallest absolute Gasteiger partial charge is 0.150 e. The molecule has 3 aromatic carbocycles. The number of aldehydes is 1. The number of hydrogen-bond donors (Lipinski definition) is 0. The first kappa shape index (κ1) is 22.8. The number of nitrogens with zero attached hydrogens (tertiary/aromatic N) is 3. The summed E-state index contributed by atoms with van der Waals surface area (Å²) >= 11 is 0. The van der Waals surface area contributed by atoms with Gasteiger partial charge in [0, 0.05) is 16.4 Å². The fraction of sp³-hybridized carbons (Fsp3) is 0.259. The third-order valence-corrected chi connectivity index (χ3v) is 8.03. The molecule has 0 amide bonds. The molecule has 1 aliphatic heterocycles. The summed E-state index contributed by atoms with van der Waals surface area (Å²) in [5.41, 5.74) is 4.04. The molecule has 0 saturated heterocycles. The molecule has 5 rings (SSSR count). The van der Waals surface area contributed by atoms with E-state index in [9.17, 15) is 9.18 Å².